The van der Waals surface area contributed by atoms with Gasteiger partial charge in [0.1, 0.15) is 24.1 Å². The molecule has 0 atom stereocenters. The third-order valence-electron chi connectivity index (χ3n) is 7.96. The summed E-state index contributed by atoms with van der Waals surface area (Å²) in [6, 6.07) is 20.7. The maximum absolute atomic E-state index is 12.5. The molecule has 0 N–H and O–H groups in total. The van der Waals surface area contributed by atoms with Crippen molar-refractivity contribution in [2.45, 2.75) is 18.9 Å². The van der Waals surface area contributed by atoms with Gasteiger partial charge in [-0.1, -0.05) is 12.1 Å². The van der Waals surface area contributed by atoms with Crippen LogP contribution in [0, 0.1) is 0 Å². The second-order valence-corrected chi connectivity index (χ2v) is 11.4. The Morgan fingerprint density at radius 1 is 0.733 bits per heavy atom. The Balaban J connectivity index is 0.000000159. The van der Waals surface area contributed by atoms with Crippen molar-refractivity contribution in [3.63, 3.8) is 0 Å². The molecule has 4 heterocycles. The van der Waals surface area contributed by atoms with Crippen LogP contribution < -0.4 is 19.4 Å². The molecule has 0 amide bonds. The molecule has 1 saturated carbocycles. The fourth-order valence-electron chi connectivity index (χ4n) is 5.00. The molecule has 7 rings (SSSR count). The van der Waals surface area contributed by atoms with Gasteiger partial charge in [-0.15, -0.1) is 0 Å². The highest BCUT2D eigenvalue weighted by molar-refractivity contribution is 5.65. The number of nitrogens with zero attached hydrogens (tertiary/aromatic N) is 9. The second kappa shape index (κ2) is 12.8. The zero-order valence-corrected chi connectivity index (χ0v) is 26.3. The lowest BCUT2D eigenvalue weighted by Crippen LogP contribution is -2.21. The Bertz CT molecular complexity index is 1880. The second-order valence-electron chi connectivity index (χ2n) is 11.4. The highest BCUT2D eigenvalue weighted by Crippen LogP contribution is 2.30. The topological polar surface area (TPSA) is 79.3 Å². The molecule has 0 unspecified atom stereocenters. The summed E-state index contributed by atoms with van der Waals surface area (Å²) in [6.07, 6.45) is 10.4. The minimum atomic E-state index is -0.402. The first-order valence-electron chi connectivity index (χ1n) is 15.0. The summed E-state index contributed by atoms with van der Waals surface area (Å²) in [4.78, 5) is 24.5. The Kier molecular flexibility index (Phi) is 8.50. The molecule has 2 aromatic carbocycles. The summed E-state index contributed by atoms with van der Waals surface area (Å²) in [5.74, 6) is 3.90. The number of rotatable bonds is 9. The Morgan fingerprint density at radius 3 is 1.78 bits per heavy atom. The predicted octanol–water partition coefficient (Wildman–Crippen LogP) is 5.87. The Labute approximate surface area is 262 Å². The molecule has 0 bridgehead atoms. The number of fused-ring (bicyclic) bond motifs is 2. The van der Waals surface area contributed by atoms with E-state index in [1.165, 1.54) is 12.8 Å². The molecule has 11 heteroatoms. The fourth-order valence-corrected chi connectivity index (χ4v) is 5.00. The summed E-state index contributed by atoms with van der Waals surface area (Å²) in [5, 5.41) is 0. The van der Waals surface area contributed by atoms with Crippen molar-refractivity contribution in [1.82, 2.24) is 28.7 Å². The lowest BCUT2D eigenvalue weighted by atomic mass is 10.1. The molecule has 1 fully saturated rings. The van der Waals surface area contributed by atoms with Gasteiger partial charge >= 0.3 is 0 Å². The maximum Gasteiger partial charge on any atom is 0.236 e. The van der Waals surface area contributed by atoms with E-state index in [0.29, 0.717) is 18.4 Å². The lowest BCUT2D eigenvalue weighted by molar-refractivity contribution is 0.415. The summed E-state index contributed by atoms with van der Waals surface area (Å²) in [5.41, 5.74) is 5.03. The molecule has 4 aromatic heterocycles. The quantitative estimate of drug-likeness (QED) is 0.202. The van der Waals surface area contributed by atoms with Crippen molar-refractivity contribution in [3.05, 3.63) is 85.5 Å². The highest BCUT2D eigenvalue weighted by atomic mass is 19.1. The predicted molar refractivity (Wildman–Crippen MR) is 178 cm³/mol. The zero-order valence-electron chi connectivity index (χ0n) is 26.3. The van der Waals surface area contributed by atoms with Crippen molar-refractivity contribution in [2.24, 2.45) is 0 Å². The van der Waals surface area contributed by atoms with Crippen molar-refractivity contribution in [1.29, 1.82) is 0 Å². The number of alkyl halides is 1. The van der Waals surface area contributed by atoms with Crippen molar-refractivity contribution >= 4 is 28.9 Å². The first-order chi connectivity index (χ1) is 21.8. The molecule has 232 valence electrons. The van der Waals surface area contributed by atoms with Gasteiger partial charge in [0, 0.05) is 82.4 Å². The van der Waals surface area contributed by atoms with E-state index in [2.05, 4.69) is 48.9 Å². The van der Waals surface area contributed by atoms with Gasteiger partial charge in [0.25, 0.3) is 0 Å². The van der Waals surface area contributed by atoms with Crippen LogP contribution in [0.3, 0.4) is 0 Å². The summed E-state index contributed by atoms with van der Waals surface area (Å²) >= 11 is 0. The molecular formula is C34H38FN9O. The van der Waals surface area contributed by atoms with E-state index < -0.39 is 6.67 Å². The summed E-state index contributed by atoms with van der Waals surface area (Å²) < 4.78 is 21.5. The minimum Gasteiger partial charge on any atom is -0.497 e. The van der Waals surface area contributed by atoms with Gasteiger partial charge in [-0.3, -0.25) is 8.80 Å². The Morgan fingerprint density at radius 2 is 1.27 bits per heavy atom. The van der Waals surface area contributed by atoms with Gasteiger partial charge in [0.2, 0.25) is 11.6 Å². The number of anilines is 3. The van der Waals surface area contributed by atoms with Crippen LogP contribution in [0.1, 0.15) is 12.8 Å². The number of hydrogen-bond acceptors (Lipinski definition) is 8. The van der Waals surface area contributed by atoms with E-state index in [1.54, 1.807) is 12.0 Å². The normalized spacial score (nSPS) is 12.6. The van der Waals surface area contributed by atoms with E-state index in [9.17, 15) is 4.39 Å². The molecule has 0 aliphatic heterocycles. The van der Waals surface area contributed by atoms with Crippen LogP contribution in [-0.4, -0.2) is 83.3 Å². The molecule has 1 aliphatic rings. The highest BCUT2D eigenvalue weighted by Gasteiger charge is 2.27. The maximum atomic E-state index is 12.5. The fraction of sp³-hybridized carbons (Fsp3) is 0.294. The van der Waals surface area contributed by atoms with Crippen LogP contribution >= 0.6 is 0 Å². The number of imidazole rings is 2. The van der Waals surface area contributed by atoms with Gasteiger partial charge in [0.15, 0.2) is 0 Å². The summed E-state index contributed by atoms with van der Waals surface area (Å²) in [6.45, 7) is -0.0794. The monoisotopic (exact) mass is 607 g/mol. The lowest BCUT2D eigenvalue weighted by Gasteiger charge is -2.16. The third-order valence-corrected chi connectivity index (χ3v) is 7.96. The van der Waals surface area contributed by atoms with Crippen LogP contribution in [0.15, 0.2) is 85.5 Å². The average molecular weight is 608 g/mol. The van der Waals surface area contributed by atoms with Gasteiger partial charge in [-0.25, -0.2) is 14.4 Å². The van der Waals surface area contributed by atoms with Crippen LogP contribution in [0.2, 0.25) is 0 Å². The van der Waals surface area contributed by atoms with E-state index >= 15 is 0 Å². The zero-order chi connectivity index (χ0) is 31.5. The van der Waals surface area contributed by atoms with Gasteiger partial charge < -0.3 is 19.4 Å². The summed E-state index contributed by atoms with van der Waals surface area (Å²) in [7, 11) is 9.62. The number of benzene rings is 2. The molecule has 0 radical (unpaired) electrons. The van der Waals surface area contributed by atoms with E-state index in [-0.39, 0.29) is 0 Å². The third kappa shape index (κ3) is 6.67. The number of ether oxygens (including phenoxy) is 1. The van der Waals surface area contributed by atoms with Crippen LogP contribution in [-0.2, 0) is 0 Å². The number of hydrogen-bond donors (Lipinski definition) is 0. The number of halogens is 1. The smallest absolute Gasteiger partial charge is 0.236 e. The molecule has 0 spiro atoms. The van der Waals surface area contributed by atoms with Gasteiger partial charge in [-0.05, 0) is 61.4 Å². The van der Waals surface area contributed by atoms with E-state index in [0.717, 1.165) is 51.4 Å². The van der Waals surface area contributed by atoms with Crippen molar-refractivity contribution in [3.8, 4) is 28.3 Å². The first-order valence-corrected chi connectivity index (χ1v) is 15.0. The van der Waals surface area contributed by atoms with Crippen LogP contribution in [0.5, 0.6) is 5.75 Å². The van der Waals surface area contributed by atoms with Crippen LogP contribution in [0.25, 0.3) is 34.1 Å². The van der Waals surface area contributed by atoms with Gasteiger partial charge in [-0.2, -0.15) is 9.97 Å². The SMILES string of the molecule is CN(C)c1ccc(-c2cn3ccc(N(C)CCF)nc3n2)cc1.COc1ccc(-c2cn3ccc(N(C)C4CC4)nc3n2)cc1. The first kappa shape index (κ1) is 29.9. The molecule has 0 saturated heterocycles. The van der Waals surface area contributed by atoms with Gasteiger partial charge in [0.05, 0.1) is 18.5 Å². The molecule has 10 nitrogen and oxygen atoms in total. The van der Waals surface area contributed by atoms with Crippen molar-refractivity contribution < 1.29 is 9.13 Å². The molecular weight excluding hydrogens is 569 g/mol. The number of aromatic nitrogens is 6. The van der Waals surface area contributed by atoms with Crippen molar-refractivity contribution in [2.75, 3.05) is 63.2 Å². The molecule has 1 aliphatic carbocycles. The standard InChI is InChI=1S/C17H20FN5.C17H18N4O/c1-21(2)14-6-4-13(5-7-14)15-12-23-10-8-16(20-17(23)19-15)22(3)11-9-18;1-20(13-5-6-13)16-9-10-21-11-15(18-17(21)19-16)12-3-7-14(22-2)8-4-12/h4-8,10,12H,9,11H2,1-3H3;3-4,7-11,13H,5-6H2,1-2H3. The van der Waals surface area contributed by atoms with E-state index in [4.69, 9.17) is 4.74 Å². The molecule has 6 aromatic rings. The van der Waals surface area contributed by atoms with E-state index in [1.807, 2.05) is 103 Å². The minimum absolute atomic E-state index is 0.322. The molecule has 45 heavy (non-hydrogen) atoms. The largest absolute Gasteiger partial charge is 0.497 e. The number of methoxy groups -OCH3 is 1. The Hall–Kier alpha value is -5.19. The van der Waals surface area contributed by atoms with Crippen LogP contribution in [0.4, 0.5) is 21.7 Å². The average Bonchev–Trinajstić information content (AvgIpc) is 3.69.